The van der Waals surface area contributed by atoms with E-state index in [9.17, 15) is 0 Å². The molecule has 1 saturated carbocycles. The van der Waals surface area contributed by atoms with Gasteiger partial charge in [0.05, 0.1) is 0 Å². The number of hydrazine groups is 1. The number of hydrogen-bond donors (Lipinski definition) is 2. The van der Waals surface area contributed by atoms with Gasteiger partial charge in [-0.15, -0.1) is 0 Å². The molecule has 2 unspecified atom stereocenters. The third-order valence-electron chi connectivity index (χ3n) is 5.51. The molecule has 3 heteroatoms. The van der Waals surface area contributed by atoms with Crippen LogP contribution in [-0.4, -0.2) is 29.2 Å². The standard InChI is InChI=1S/C16H33N3/c1-13-6-5-7-14(2)19(13)18-16(12-17)10-8-15(3,4)9-11-16/h13-14,18H,5-12,17H2,1-4H3. The number of nitrogens with two attached hydrogens (primary N) is 1. The van der Waals surface area contributed by atoms with Gasteiger partial charge in [0.2, 0.25) is 0 Å². The van der Waals surface area contributed by atoms with Crippen LogP contribution in [0.3, 0.4) is 0 Å². The molecular weight excluding hydrogens is 234 g/mol. The Morgan fingerprint density at radius 1 is 1.05 bits per heavy atom. The Morgan fingerprint density at radius 2 is 1.58 bits per heavy atom. The minimum Gasteiger partial charge on any atom is -0.329 e. The summed E-state index contributed by atoms with van der Waals surface area (Å²) in [6.07, 6.45) is 8.98. The van der Waals surface area contributed by atoms with Gasteiger partial charge in [0.15, 0.2) is 0 Å². The molecule has 0 amide bonds. The molecule has 2 atom stereocenters. The zero-order chi connectivity index (χ0) is 14.1. The van der Waals surface area contributed by atoms with Gasteiger partial charge in [0, 0.05) is 24.2 Å². The summed E-state index contributed by atoms with van der Waals surface area (Å²) in [5, 5.41) is 2.51. The lowest BCUT2D eigenvalue weighted by molar-refractivity contribution is -0.0204. The Morgan fingerprint density at radius 3 is 2.05 bits per heavy atom. The summed E-state index contributed by atoms with van der Waals surface area (Å²) in [6.45, 7) is 10.2. The first-order valence-corrected chi connectivity index (χ1v) is 8.14. The lowest BCUT2D eigenvalue weighted by atomic mass is 9.69. The quantitative estimate of drug-likeness (QED) is 0.826. The van der Waals surface area contributed by atoms with E-state index in [0.717, 1.165) is 6.54 Å². The highest BCUT2D eigenvalue weighted by Gasteiger charge is 2.40. The van der Waals surface area contributed by atoms with Crippen LogP contribution in [0.4, 0.5) is 0 Å². The highest BCUT2D eigenvalue weighted by molar-refractivity contribution is 4.96. The number of piperidine rings is 1. The smallest absolute Gasteiger partial charge is 0.0448 e. The molecule has 0 spiro atoms. The first kappa shape index (κ1) is 15.3. The SMILES string of the molecule is CC1CCCC(C)N1NC1(CN)CCC(C)(C)CC1. The van der Waals surface area contributed by atoms with E-state index in [1.165, 1.54) is 44.9 Å². The Kier molecular flexibility index (Phi) is 4.59. The van der Waals surface area contributed by atoms with Crippen molar-refractivity contribution in [3.05, 3.63) is 0 Å². The van der Waals surface area contributed by atoms with Crippen molar-refractivity contribution in [3.8, 4) is 0 Å². The van der Waals surface area contributed by atoms with Crippen LogP contribution in [0.2, 0.25) is 0 Å². The first-order chi connectivity index (χ1) is 8.87. The Balaban J connectivity index is 2.02. The molecule has 3 N–H and O–H groups in total. The van der Waals surface area contributed by atoms with Gasteiger partial charge in [-0.25, -0.2) is 10.4 Å². The molecule has 0 aromatic heterocycles. The van der Waals surface area contributed by atoms with Crippen LogP contribution < -0.4 is 11.2 Å². The monoisotopic (exact) mass is 267 g/mol. The number of rotatable bonds is 3. The molecule has 3 nitrogen and oxygen atoms in total. The van der Waals surface area contributed by atoms with Gasteiger partial charge in [-0.1, -0.05) is 20.3 Å². The van der Waals surface area contributed by atoms with E-state index in [4.69, 9.17) is 5.73 Å². The lowest BCUT2D eigenvalue weighted by Gasteiger charge is -2.50. The molecule has 2 aliphatic rings. The molecule has 1 aliphatic heterocycles. The zero-order valence-electron chi connectivity index (χ0n) is 13.3. The molecule has 2 rings (SSSR count). The van der Waals surface area contributed by atoms with E-state index in [0.29, 0.717) is 17.5 Å². The van der Waals surface area contributed by atoms with Crippen molar-refractivity contribution in [3.63, 3.8) is 0 Å². The van der Waals surface area contributed by atoms with Gasteiger partial charge < -0.3 is 5.73 Å². The molecule has 1 heterocycles. The maximum absolute atomic E-state index is 6.15. The van der Waals surface area contributed by atoms with Crippen LogP contribution >= 0.6 is 0 Å². The maximum atomic E-state index is 6.15. The van der Waals surface area contributed by atoms with E-state index in [1.54, 1.807) is 0 Å². The lowest BCUT2D eigenvalue weighted by Crippen LogP contribution is -2.64. The molecule has 1 saturated heterocycles. The second kappa shape index (κ2) is 5.71. The predicted octanol–water partition coefficient (Wildman–Crippen LogP) is 3.05. The van der Waals surface area contributed by atoms with Gasteiger partial charge in [0.25, 0.3) is 0 Å². The third kappa shape index (κ3) is 3.50. The molecule has 0 aromatic carbocycles. The Bertz CT molecular complexity index is 280. The zero-order valence-corrected chi connectivity index (χ0v) is 13.3. The molecule has 19 heavy (non-hydrogen) atoms. The molecule has 2 fully saturated rings. The molecule has 0 radical (unpaired) electrons. The van der Waals surface area contributed by atoms with Gasteiger partial charge >= 0.3 is 0 Å². The number of nitrogens with zero attached hydrogens (tertiary/aromatic N) is 1. The largest absolute Gasteiger partial charge is 0.329 e. The van der Waals surface area contributed by atoms with E-state index in [-0.39, 0.29) is 5.54 Å². The highest BCUT2D eigenvalue weighted by atomic mass is 15.6. The van der Waals surface area contributed by atoms with Crippen LogP contribution in [0.1, 0.15) is 72.6 Å². The maximum Gasteiger partial charge on any atom is 0.0448 e. The second-order valence-electron chi connectivity index (χ2n) is 7.80. The summed E-state index contributed by atoms with van der Waals surface area (Å²) < 4.78 is 0. The highest BCUT2D eigenvalue weighted by Crippen LogP contribution is 2.40. The van der Waals surface area contributed by atoms with Crippen molar-refractivity contribution in [2.75, 3.05) is 6.54 Å². The second-order valence-corrected chi connectivity index (χ2v) is 7.80. The van der Waals surface area contributed by atoms with E-state index < -0.39 is 0 Å². The van der Waals surface area contributed by atoms with Gasteiger partial charge in [0.1, 0.15) is 0 Å². The summed E-state index contributed by atoms with van der Waals surface area (Å²) in [5.74, 6) is 0. The summed E-state index contributed by atoms with van der Waals surface area (Å²) in [5.41, 5.74) is 10.7. The van der Waals surface area contributed by atoms with E-state index in [2.05, 4.69) is 38.1 Å². The molecule has 0 aromatic rings. The van der Waals surface area contributed by atoms with Crippen LogP contribution in [-0.2, 0) is 0 Å². The Hall–Kier alpha value is -0.120. The van der Waals surface area contributed by atoms with Crippen molar-refractivity contribution in [1.29, 1.82) is 0 Å². The van der Waals surface area contributed by atoms with Gasteiger partial charge in [-0.2, -0.15) is 0 Å². The van der Waals surface area contributed by atoms with Crippen LogP contribution in [0, 0.1) is 5.41 Å². The fraction of sp³-hybridized carbons (Fsp3) is 1.00. The van der Waals surface area contributed by atoms with E-state index in [1.807, 2.05) is 0 Å². The van der Waals surface area contributed by atoms with Crippen molar-refractivity contribution in [1.82, 2.24) is 10.4 Å². The Labute approximate surface area is 119 Å². The normalized spacial score (nSPS) is 35.2. The van der Waals surface area contributed by atoms with Crippen molar-refractivity contribution < 1.29 is 0 Å². The molecule has 112 valence electrons. The van der Waals surface area contributed by atoms with Crippen LogP contribution in [0.25, 0.3) is 0 Å². The first-order valence-electron chi connectivity index (χ1n) is 8.14. The van der Waals surface area contributed by atoms with Crippen LogP contribution in [0.15, 0.2) is 0 Å². The number of nitrogens with one attached hydrogen (secondary N) is 1. The summed E-state index contributed by atoms with van der Waals surface area (Å²) in [7, 11) is 0. The minimum atomic E-state index is 0.148. The van der Waals surface area contributed by atoms with Gasteiger partial charge in [-0.3, -0.25) is 0 Å². The summed E-state index contributed by atoms with van der Waals surface area (Å²) in [6, 6.07) is 1.28. The third-order valence-corrected chi connectivity index (χ3v) is 5.51. The summed E-state index contributed by atoms with van der Waals surface area (Å²) >= 11 is 0. The van der Waals surface area contributed by atoms with E-state index >= 15 is 0 Å². The molecular formula is C16H33N3. The number of hydrogen-bond acceptors (Lipinski definition) is 3. The minimum absolute atomic E-state index is 0.148. The average Bonchev–Trinajstić information content (AvgIpc) is 2.37. The van der Waals surface area contributed by atoms with Gasteiger partial charge in [-0.05, 0) is 57.8 Å². The fourth-order valence-electron chi connectivity index (χ4n) is 3.68. The van der Waals surface area contributed by atoms with Crippen molar-refractivity contribution >= 4 is 0 Å². The fourth-order valence-corrected chi connectivity index (χ4v) is 3.68. The average molecular weight is 267 g/mol. The molecule has 0 bridgehead atoms. The summed E-state index contributed by atoms with van der Waals surface area (Å²) in [4.78, 5) is 0. The van der Waals surface area contributed by atoms with Crippen molar-refractivity contribution in [2.24, 2.45) is 11.1 Å². The molecule has 1 aliphatic carbocycles. The topological polar surface area (TPSA) is 41.3 Å². The predicted molar refractivity (Wildman–Crippen MR) is 81.8 cm³/mol. The van der Waals surface area contributed by atoms with Crippen molar-refractivity contribution in [2.45, 2.75) is 90.3 Å². The van der Waals surface area contributed by atoms with Crippen LogP contribution in [0.5, 0.6) is 0 Å².